The van der Waals surface area contributed by atoms with Crippen molar-refractivity contribution in [2.24, 2.45) is 0 Å². The number of hydrogen-bond acceptors (Lipinski definition) is 3. The van der Waals surface area contributed by atoms with Gasteiger partial charge in [-0.1, -0.05) is 54.6 Å². The third kappa shape index (κ3) is 3.76. The van der Waals surface area contributed by atoms with Crippen molar-refractivity contribution in [2.45, 2.75) is 0 Å². The lowest BCUT2D eigenvalue weighted by Crippen LogP contribution is -2.12. The number of amides is 1. The summed E-state index contributed by atoms with van der Waals surface area (Å²) in [6.45, 7) is 0. The summed E-state index contributed by atoms with van der Waals surface area (Å²) in [4.78, 5) is 24.8. The quantitative estimate of drug-likeness (QED) is 0.393. The highest BCUT2D eigenvalue weighted by Crippen LogP contribution is 2.21. The van der Waals surface area contributed by atoms with Crippen LogP contribution in [0.25, 0.3) is 10.8 Å². The fourth-order valence-corrected chi connectivity index (χ4v) is 2.97. The molecule has 0 aromatic heterocycles. The maximum atomic E-state index is 12.7. The molecule has 0 heterocycles. The molecule has 0 saturated carbocycles. The molecule has 0 fully saturated rings. The molecular weight excluding hydrogens is 350 g/mol. The van der Waals surface area contributed by atoms with Crippen LogP contribution in [0.2, 0.25) is 0 Å². The largest absolute Gasteiger partial charge is 0.423 e. The van der Waals surface area contributed by atoms with E-state index in [1.807, 2.05) is 42.5 Å². The molecule has 28 heavy (non-hydrogen) atoms. The Morgan fingerprint density at radius 1 is 0.679 bits per heavy atom. The fraction of sp³-hybridized carbons (Fsp3) is 0. The van der Waals surface area contributed by atoms with Crippen LogP contribution in [-0.2, 0) is 0 Å². The topological polar surface area (TPSA) is 55.4 Å². The van der Waals surface area contributed by atoms with E-state index in [1.165, 1.54) is 0 Å². The summed E-state index contributed by atoms with van der Waals surface area (Å²) in [5.74, 6) is -0.198. The van der Waals surface area contributed by atoms with Crippen molar-refractivity contribution in [3.05, 3.63) is 108 Å². The van der Waals surface area contributed by atoms with Crippen LogP contribution in [0.4, 0.5) is 5.69 Å². The number of benzene rings is 4. The molecular formula is C24H17NO3. The zero-order valence-electron chi connectivity index (χ0n) is 15.0. The van der Waals surface area contributed by atoms with Crippen LogP contribution in [0.5, 0.6) is 5.75 Å². The van der Waals surface area contributed by atoms with Crippen LogP contribution in [0.1, 0.15) is 20.7 Å². The molecule has 0 aliphatic heterocycles. The van der Waals surface area contributed by atoms with Crippen molar-refractivity contribution >= 4 is 28.3 Å². The van der Waals surface area contributed by atoms with Crippen LogP contribution >= 0.6 is 0 Å². The second-order valence-corrected chi connectivity index (χ2v) is 6.26. The summed E-state index contributed by atoms with van der Waals surface area (Å²) >= 11 is 0. The van der Waals surface area contributed by atoms with Crippen molar-refractivity contribution in [3.63, 3.8) is 0 Å². The first-order valence-electron chi connectivity index (χ1n) is 8.87. The Labute approximate surface area is 162 Å². The van der Waals surface area contributed by atoms with Crippen LogP contribution in [0.15, 0.2) is 97.1 Å². The van der Waals surface area contributed by atoms with Gasteiger partial charge in [0.05, 0.1) is 5.56 Å². The Balaban J connectivity index is 1.47. The minimum atomic E-state index is -0.423. The first kappa shape index (κ1) is 17.5. The van der Waals surface area contributed by atoms with E-state index in [-0.39, 0.29) is 5.91 Å². The smallest absolute Gasteiger partial charge is 0.343 e. The standard InChI is InChI=1S/C24H17NO3/c26-23(22-12-6-10-17-7-4-5-11-21(17)22)25-19-13-15-20(16-14-19)28-24(27)18-8-2-1-3-9-18/h1-16H,(H,25,26). The first-order chi connectivity index (χ1) is 13.7. The molecule has 0 aliphatic rings. The Morgan fingerprint density at radius 2 is 1.36 bits per heavy atom. The average molecular weight is 367 g/mol. The molecule has 0 atom stereocenters. The van der Waals surface area contributed by atoms with Gasteiger partial charge in [0.15, 0.2) is 0 Å². The molecule has 136 valence electrons. The molecule has 1 N–H and O–H groups in total. The van der Waals surface area contributed by atoms with Gasteiger partial charge < -0.3 is 10.1 Å². The summed E-state index contributed by atoms with van der Waals surface area (Å²) in [6, 6.07) is 28.9. The number of fused-ring (bicyclic) bond motifs is 1. The minimum Gasteiger partial charge on any atom is -0.423 e. The van der Waals surface area contributed by atoms with Crippen LogP contribution in [-0.4, -0.2) is 11.9 Å². The number of anilines is 1. The second-order valence-electron chi connectivity index (χ2n) is 6.26. The van der Waals surface area contributed by atoms with Gasteiger partial charge in [0.2, 0.25) is 0 Å². The third-order valence-corrected chi connectivity index (χ3v) is 4.37. The van der Waals surface area contributed by atoms with E-state index >= 15 is 0 Å². The molecule has 0 spiro atoms. The average Bonchev–Trinajstić information content (AvgIpc) is 2.75. The number of esters is 1. The van der Waals surface area contributed by atoms with Crippen LogP contribution in [0.3, 0.4) is 0 Å². The monoisotopic (exact) mass is 367 g/mol. The van der Waals surface area contributed by atoms with E-state index in [1.54, 1.807) is 54.6 Å². The van der Waals surface area contributed by atoms with Crippen LogP contribution < -0.4 is 10.1 Å². The van der Waals surface area contributed by atoms with E-state index in [0.717, 1.165) is 10.8 Å². The Morgan fingerprint density at radius 3 is 2.14 bits per heavy atom. The maximum Gasteiger partial charge on any atom is 0.343 e. The van der Waals surface area contributed by atoms with Gasteiger partial charge in [-0.25, -0.2) is 4.79 Å². The molecule has 4 heteroatoms. The summed E-state index contributed by atoms with van der Waals surface area (Å²) in [5, 5.41) is 4.79. The molecule has 4 rings (SSSR count). The molecule has 1 amide bonds. The predicted octanol–water partition coefficient (Wildman–Crippen LogP) is 5.31. The highest BCUT2D eigenvalue weighted by molar-refractivity contribution is 6.12. The summed E-state index contributed by atoms with van der Waals surface area (Å²) < 4.78 is 5.35. The van der Waals surface area contributed by atoms with E-state index in [4.69, 9.17) is 4.74 Å². The number of nitrogens with one attached hydrogen (secondary N) is 1. The highest BCUT2D eigenvalue weighted by atomic mass is 16.5. The van der Waals surface area contributed by atoms with Crippen LogP contribution in [0, 0.1) is 0 Å². The van der Waals surface area contributed by atoms with Gasteiger partial charge in [-0.3, -0.25) is 4.79 Å². The van der Waals surface area contributed by atoms with Gasteiger partial charge in [0.1, 0.15) is 5.75 Å². The van der Waals surface area contributed by atoms with Crippen molar-refractivity contribution in [1.29, 1.82) is 0 Å². The van der Waals surface area contributed by atoms with Crippen molar-refractivity contribution in [2.75, 3.05) is 5.32 Å². The second kappa shape index (κ2) is 7.76. The fourth-order valence-electron chi connectivity index (χ4n) is 2.97. The normalized spacial score (nSPS) is 10.4. The van der Waals surface area contributed by atoms with Gasteiger partial charge in [-0.2, -0.15) is 0 Å². The maximum absolute atomic E-state index is 12.7. The number of hydrogen-bond donors (Lipinski definition) is 1. The molecule has 0 bridgehead atoms. The zero-order valence-corrected chi connectivity index (χ0v) is 15.0. The lowest BCUT2D eigenvalue weighted by Gasteiger charge is -2.09. The molecule has 0 radical (unpaired) electrons. The number of ether oxygens (including phenoxy) is 1. The lowest BCUT2D eigenvalue weighted by molar-refractivity contribution is 0.0734. The number of carbonyl (C=O) groups is 2. The minimum absolute atomic E-state index is 0.189. The van der Waals surface area contributed by atoms with Crippen molar-refractivity contribution in [3.8, 4) is 5.75 Å². The molecule has 4 aromatic rings. The van der Waals surface area contributed by atoms with E-state index in [0.29, 0.717) is 22.6 Å². The van der Waals surface area contributed by atoms with E-state index in [9.17, 15) is 9.59 Å². The predicted molar refractivity (Wildman–Crippen MR) is 110 cm³/mol. The van der Waals surface area contributed by atoms with Gasteiger partial charge in [0.25, 0.3) is 5.91 Å². The number of carbonyl (C=O) groups excluding carboxylic acids is 2. The molecule has 4 aromatic carbocycles. The summed E-state index contributed by atoms with van der Waals surface area (Å²) in [6.07, 6.45) is 0. The SMILES string of the molecule is O=C(Oc1ccc(NC(=O)c2cccc3ccccc23)cc1)c1ccccc1. The third-order valence-electron chi connectivity index (χ3n) is 4.37. The van der Waals surface area contributed by atoms with Gasteiger partial charge in [-0.15, -0.1) is 0 Å². The molecule has 0 aliphatic carbocycles. The Bertz CT molecular complexity index is 1130. The highest BCUT2D eigenvalue weighted by Gasteiger charge is 2.11. The first-order valence-corrected chi connectivity index (χ1v) is 8.87. The van der Waals surface area contributed by atoms with Crippen molar-refractivity contribution in [1.82, 2.24) is 0 Å². The molecule has 0 saturated heterocycles. The van der Waals surface area contributed by atoms with Gasteiger partial charge in [0, 0.05) is 11.3 Å². The lowest BCUT2D eigenvalue weighted by atomic mass is 10.0. The summed E-state index contributed by atoms with van der Waals surface area (Å²) in [7, 11) is 0. The summed E-state index contributed by atoms with van der Waals surface area (Å²) in [5.41, 5.74) is 1.71. The zero-order chi connectivity index (χ0) is 19.3. The Kier molecular flexibility index (Phi) is 4.85. The molecule has 0 unspecified atom stereocenters. The van der Waals surface area contributed by atoms with E-state index in [2.05, 4.69) is 5.32 Å². The van der Waals surface area contributed by atoms with Gasteiger partial charge >= 0.3 is 5.97 Å². The van der Waals surface area contributed by atoms with Crippen molar-refractivity contribution < 1.29 is 14.3 Å². The van der Waals surface area contributed by atoms with Gasteiger partial charge in [-0.05, 0) is 53.2 Å². The Hall–Kier alpha value is -3.92. The number of rotatable bonds is 4. The van der Waals surface area contributed by atoms with E-state index < -0.39 is 5.97 Å². The molecule has 4 nitrogen and oxygen atoms in total.